The molecular weight excluding hydrogens is 190 g/mol. The first-order valence-corrected chi connectivity index (χ1v) is 6.84. The minimum absolute atomic E-state index is 0.0782. The third-order valence-corrected chi connectivity index (χ3v) is 5.70. The number of hydrogen-bond donors (Lipinski definition) is 1. The van der Waals surface area contributed by atoms with Crippen LogP contribution < -0.4 is 0 Å². The normalized spacial score (nSPS) is 44.0. The third-order valence-electron chi connectivity index (χ3n) is 2.75. The van der Waals surface area contributed by atoms with Crippen LogP contribution in [0.2, 0.25) is 0 Å². The number of aliphatic hydroxyl groups excluding tert-OH is 1. The average Bonchev–Trinajstić information content (AvgIpc) is 2.59. The topological polar surface area (TPSA) is 23.5 Å². The van der Waals surface area contributed by atoms with Crippen LogP contribution in [0.4, 0.5) is 0 Å². The molecule has 0 aromatic rings. The summed E-state index contributed by atoms with van der Waals surface area (Å²) in [6, 6.07) is 0.625. The van der Waals surface area contributed by atoms with Gasteiger partial charge in [-0.25, -0.2) is 0 Å². The van der Waals surface area contributed by atoms with Gasteiger partial charge in [-0.05, 0) is 26.4 Å². The molecule has 2 heterocycles. The smallest absolute Gasteiger partial charge is 0.0780 e. The number of likely N-dealkylation sites (tertiary alicyclic amines) is 1. The molecule has 2 rings (SSSR count). The van der Waals surface area contributed by atoms with Crippen LogP contribution in [0.3, 0.4) is 0 Å². The Morgan fingerprint density at radius 1 is 1.50 bits per heavy atom. The van der Waals surface area contributed by atoms with Gasteiger partial charge in [0.1, 0.15) is 0 Å². The molecule has 0 aromatic carbocycles. The molecule has 3 atom stereocenters. The quantitative estimate of drug-likeness (QED) is 0.650. The van der Waals surface area contributed by atoms with E-state index >= 15 is 0 Å². The second-order valence-corrected chi connectivity index (χ2v) is 6.19. The zero-order chi connectivity index (χ0) is 8.55. The largest absolute Gasteiger partial charge is 0.391 e. The molecule has 2 nitrogen and oxygen atoms in total. The van der Waals surface area contributed by atoms with Gasteiger partial charge in [-0.1, -0.05) is 21.6 Å². The standard InChI is InChI=1S/C8H15NOS2/c1-9-4-2-3-6(9)8-7(10)5-11-12-8/h6-8,10H,2-5H2,1H3/t6-,7+,8-/m0/s1. The van der Waals surface area contributed by atoms with E-state index in [1.165, 1.54) is 19.4 Å². The fourth-order valence-corrected chi connectivity index (χ4v) is 5.31. The Balaban J connectivity index is 1.98. The lowest BCUT2D eigenvalue weighted by atomic mass is 10.1. The highest BCUT2D eigenvalue weighted by atomic mass is 33.1. The molecule has 0 bridgehead atoms. The van der Waals surface area contributed by atoms with Gasteiger partial charge in [0.05, 0.1) is 11.4 Å². The van der Waals surface area contributed by atoms with Crippen LogP contribution in [0.25, 0.3) is 0 Å². The lowest BCUT2D eigenvalue weighted by Gasteiger charge is -2.26. The van der Waals surface area contributed by atoms with Crippen molar-refractivity contribution in [2.24, 2.45) is 0 Å². The van der Waals surface area contributed by atoms with E-state index in [2.05, 4.69) is 11.9 Å². The highest BCUT2D eigenvalue weighted by Gasteiger charge is 2.37. The van der Waals surface area contributed by atoms with Crippen LogP contribution in [0, 0.1) is 0 Å². The predicted molar refractivity (Wildman–Crippen MR) is 55.5 cm³/mol. The molecule has 0 aliphatic carbocycles. The van der Waals surface area contributed by atoms with Gasteiger partial charge < -0.3 is 10.0 Å². The number of rotatable bonds is 1. The summed E-state index contributed by atoms with van der Waals surface area (Å²) in [6.45, 7) is 1.21. The van der Waals surface area contributed by atoms with E-state index in [1.54, 1.807) is 0 Å². The first-order chi connectivity index (χ1) is 5.79. The minimum Gasteiger partial charge on any atom is -0.391 e. The van der Waals surface area contributed by atoms with Crippen molar-refractivity contribution < 1.29 is 5.11 Å². The van der Waals surface area contributed by atoms with Gasteiger partial charge in [0.2, 0.25) is 0 Å². The molecule has 0 aromatic heterocycles. The number of nitrogens with zero attached hydrogens (tertiary/aromatic N) is 1. The molecular formula is C8H15NOS2. The second-order valence-electron chi connectivity index (χ2n) is 3.60. The maximum atomic E-state index is 9.70. The molecule has 4 heteroatoms. The van der Waals surface area contributed by atoms with Gasteiger partial charge >= 0.3 is 0 Å². The van der Waals surface area contributed by atoms with Crippen molar-refractivity contribution in [2.45, 2.75) is 30.2 Å². The van der Waals surface area contributed by atoms with Crippen LogP contribution in [-0.2, 0) is 0 Å². The van der Waals surface area contributed by atoms with Crippen molar-refractivity contribution in [2.75, 3.05) is 19.3 Å². The van der Waals surface area contributed by atoms with Crippen molar-refractivity contribution in [1.82, 2.24) is 4.90 Å². The summed E-state index contributed by atoms with van der Waals surface area (Å²) in [7, 11) is 5.87. The summed E-state index contributed by atoms with van der Waals surface area (Å²) in [5.41, 5.74) is 0. The Bertz CT molecular complexity index is 149. The first kappa shape index (κ1) is 9.19. The van der Waals surface area contributed by atoms with E-state index < -0.39 is 0 Å². The van der Waals surface area contributed by atoms with Crippen molar-refractivity contribution in [1.29, 1.82) is 0 Å². The predicted octanol–water partition coefficient (Wildman–Crippen LogP) is 1.21. The molecule has 0 saturated carbocycles. The van der Waals surface area contributed by atoms with Gasteiger partial charge in [0.15, 0.2) is 0 Å². The Kier molecular flexibility index (Phi) is 2.89. The molecule has 70 valence electrons. The lowest BCUT2D eigenvalue weighted by molar-refractivity contribution is 0.159. The van der Waals surface area contributed by atoms with E-state index in [9.17, 15) is 5.11 Å². The van der Waals surface area contributed by atoms with Crippen LogP contribution >= 0.6 is 21.6 Å². The average molecular weight is 205 g/mol. The summed E-state index contributed by atoms with van der Waals surface area (Å²) in [5, 5.41) is 10.2. The van der Waals surface area contributed by atoms with Crippen molar-refractivity contribution in [3.8, 4) is 0 Å². The molecule has 2 aliphatic heterocycles. The summed E-state index contributed by atoms with van der Waals surface area (Å²) >= 11 is 0. The van der Waals surface area contributed by atoms with E-state index in [4.69, 9.17) is 0 Å². The molecule has 1 N–H and O–H groups in total. The highest BCUT2D eigenvalue weighted by Crippen LogP contribution is 2.42. The Labute approximate surface area is 81.5 Å². The van der Waals surface area contributed by atoms with E-state index in [-0.39, 0.29) is 6.10 Å². The van der Waals surface area contributed by atoms with Gasteiger partial charge in [-0.15, -0.1) is 0 Å². The second kappa shape index (κ2) is 3.78. The summed E-state index contributed by atoms with van der Waals surface area (Å²) in [4.78, 5) is 2.40. The van der Waals surface area contributed by atoms with Crippen LogP contribution in [0.1, 0.15) is 12.8 Å². The molecule has 0 unspecified atom stereocenters. The molecule has 0 spiro atoms. The van der Waals surface area contributed by atoms with Gasteiger partial charge in [0, 0.05) is 11.8 Å². The maximum Gasteiger partial charge on any atom is 0.0780 e. The zero-order valence-electron chi connectivity index (χ0n) is 7.27. The minimum atomic E-state index is -0.0782. The molecule has 2 saturated heterocycles. The fraction of sp³-hybridized carbons (Fsp3) is 1.00. The van der Waals surface area contributed by atoms with E-state index in [0.29, 0.717) is 11.3 Å². The highest BCUT2D eigenvalue weighted by molar-refractivity contribution is 8.77. The number of hydrogen-bond acceptors (Lipinski definition) is 4. The Morgan fingerprint density at radius 3 is 2.83 bits per heavy atom. The van der Waals surface area contributed by atoms with Crippen LogP contribution in [0.15, 0.2) is 0 Å². The van der Waals surface area contributed by atoms with E-state index in [0.717, 1.165) is 5.75 Å². The van der Waals surface area contributed by atoms with Gasteiger partial charge in [-0.2, -0.15) is 0 Å². The molecule has 0 radical (unpaired) electrons. The zero-order valence-corrected chi connectivity index (χ0v) is 8.90. The maximum absolute atomic E-state index is 9.70. The monoisotopic (exact) mass is 205 g/mol. The molecule has 2 fully saturated rings. The molecule has 0 amide bonds. The Hall–Kier alpha value is 0.620. The van der Waals surface area contributed by atoms with Crippen LogP contribution in [0.5, 0.6) is 0 Å². The first-order valence-electron chi connectivity index (χ1n) is 4.45. The summed E-state index contributed by atoms with van der Waals surface area (Å²) in [6.07, 6.45) is 2.49. The SMILES string of the molecule is CN1CCC[C@H]1[C@@H]1SSC[C@H]1O. The Morgan fingerprint density at radius 2 is 2.33 bits per heavy atom. The number of aliphatic hydroxyl groups is 1. The summed E-state index contributed by atoms with van der Waals surface area (Å²) in [5.74, 6) is 0.916. The molecule has 2 aliphatic rings. The third kappa shape index (κ3) is 1.62. The lowest BCUT2D eigenvalue weighted by Crippen LogP contribution is -2.39. The molecule has 12 heavy (non-hydrogen) atoms. The summed E-state index contributed by atoms with van der Waals surface area (Å²) < 4.78 is 0. The van der Waals surface area contributed by atoms with Crippen LogP contribution in [-0.4, -0.2) is 46.7 Å². The van der Waals surface area contributed by atoms with E-state index in [1.807, 2.05) is 21.6 Å². The van der Waals surface area contributed by atoms with Crippen molar-refractivity contribution in [3.63, 3.8) is 0 Å². The van der Waals surface area contributed by atoms with Gasteiger partial charge in [-0.3, -0.25) is 0 Å². The van der Waals surface area contributed by atoms with Crippen molar-refractivity contribution in [3.05, 3.63) is 0 Å². The van der Waals surface area contributed by atoms with Gasteiger partial charge in [0.25, 0.3) is 0 Å². The fourth-order valence-electron chi connectivity index (χ4n) is 2.02. The van der Waals surface area contributed by atoms with Crippen molar-refractivity contribution >= 4 is 21.6 Å².